The van der Waals surface area contributed by atoms with E-state index in [0.29, 0.717) is 18.8 Å². The Morgan fingerprint density at radius 1 is 1.19 bits per heavy atom. The van der Waals surface area contributed by atoms with Gasteiger partial charge in [-0.15, -0.1) is 0 Å². The SMILES string of the molecule is CCN(CC)S(=O)(=O)c1ccc(C)c(NC(=O)CSc2ccccn2)c1. The summed E-state index contributed by atoms with van der Waals surface area (Å²) >= 11 is 1.33. The van der Waals surface area contributed by atoms with E-state index in [2.05, 4.69) is 10.3 Å². The smallest absolute Gasteiger partial charge is 0.243 e. The molecule has 2 aromatic rings. The molecule has 0 bridgehead atoms. The molecule has 1 heterocycles. The fourth-order valence-electron chi connectivity index (χ4n) is 2.37. The molecule has 0 spiro atoms. The van der Waals surface area contributed by atoms with Crippen molar-refractivity contribution in [3.05, 3.63) is 48.2 Å². The molecule has 0 fully saturated rings. The molecule has 0 saturated carbocycles. The van der Waals surface area contributed by atoms with E-state index >= 15 is 0 Å². The van der Waals surface area contributed by atoms with Gasteiger partial charge in [0.05, 0.1) is 15.7 Å². The molecule has 0 aliphatic heterocycles. The van der Waals surface area contributed by atoms with Gasteiger partial charge in [-0.1, -0.05) is 37.7 Å². The number of pyridine rings is 1. The maximum Gasteiger partial charge on any atom is 0.243 e. The molecule has 140 valence electrons. The van der Waals surface area contributed by atoms with Crippen LogP contribution in [-0.4, -0.2) is 42.5 Å². The number of nitrogens with zero attached hydrogens (tertiary/aromatic N) is 2. The Morgan fingerprint density at radius 3 is 2.54 bits per heavy atom. The highest BCUT2D eigenvalue weighted by atomic mass is 32.2. The van der Waals surface area contributed by atoms with Crippen molar-refractivity contribution < 1.29 is 13.2 Å². The summed E-state index contributed by atoms with van der Waals surface area (Å²) in [7, 11) is -3.56. The second-order valence-electron chi connectivity index (χ2n) is 5.57. The average Bonchev–Trinajstić information content (AvgIpc) is 2.63. The van der Waals surface area contributed by atoms with Gasteiger partial charge in [0, 0.05) is 25.0 Å². The number of thioether (sulfide) groups is 1. The Hall–Kier alpha value is -1.90. The molecule has 1 aromatic heterocycles. The zero-order valence-electron chi connectivity index (χ0n) is 15.1. The van der Waals surface area contributed by atoms with E-state index in [-0.39, 0.29) is 16.6 Å². The molecule has 6 nitrogen and oxygen atoms in total. The molecular weight excluding hydrogens is 370 g/mol. The topological polar surface area (TPSA) is 79.4 Å². The molecule has 1 aromatic carbocycles. The van der Waals surface area contributed by atoms with Gasteiger partial charge in [0.25, 0.3) is 0 Å². The van der Waals surface area contributed by atoms with E-state index in [1.807, 2.05) is 25.1 Å². The third kappa shape index (κ3) is 5.06. The number of sulfonamides is 1. The minimum atomic E-state index is -3.56. The minimum Gasteiger partial charge on any atom is -0.325 e. The van der Waals surface area contributed by atoms with Crippen molar-refractivity contribution >= 4 is 33.4 Å². The number of benzene rings is 1. The lowest BCUT2D eigenvalue weighted by Crippen LogP contribution is -2.30. The summed E-state index contributed by atoms with van der Waals surface area (Å²) in [6, 6.07) is 10.3. The van der Waals surface area contributed by atoms with Crippen molar-refractivity contribution in [2.45, 2.75) is 30.7 Å². The van der Waals surface area contributed by atoms with E-state index in [4.69, 9.17) is 0 Å². The van der Waals surface area contributed by atoms with Crippen molar-refractivity contribution in [2.24, 2.45) is 0 Å². The molecule has 26 heavy (non-hydrogen) atoms. The van der Waals surface area contributed by atoms with Crippen LogP contribution >= 0.6 is 11.8 Å². The lowest BCUT2D eigenvalue weighted by Gasteiger charge is -2.19. The first-order valence-electron chi connectivity index (χ1n) is 8.33. The van der Waals surface area contributed by atoms with Crippen LogP contribution < -0.4 is 5.32 Å². The molecule has 8 heteroatoms. The maximum atomic E-state index is 12.7. The van der Waals surface area contributed by atoms with Crippen LogP contribution in [0, 0.1) is 6.92 Å². The van der Waals surface area contributed by atoms with Crippen molar-refractivity contribution in [1.29, 1.82) is 0 Å². The van der Waals surface area contributed by atoms with Gasteiger partial charge in [-0.05, 0) is 36.8 Å². The number of anilines is 1. The molecule has 0 atom stereocenters. The van der Waals surface area contributed by atoms with Crippen LogP contribution in [0.25, 0.3) is 0 Å². The number of hydrogen-bond acceptors (Lipinski definition) is 5. The Bertz CT molecular complexity index is 851. The molecular formula is C18H23N3O3S2. The molecule has 0 aliphatic carbocycles. The van der Waals surface area contributed by atoms with E-state index < -0.39 is 10.0 Å². The summed E-state index contributed by atoms with van der Waals surface area (Å²) in [5.74, 6) is -0.00938. The number of aromatic nitrogens is 1. The van der Waals surface area contributed by atoms with E-state index in [1.54, 1.807) is 32.2 Å². The molecule has 1 N–H and O–H groups in total. The minimum absolute atomic E-state index is 0.180. The van der Waals surface area contributed by atoms with Crippen molar-refractivity contribution in [3.8, 4) is 0 Å². The van der Waals surface area contributed by atoms with Gasteiger partial charge in [0.1, 0.15) is 0 Å². The normalized spacial score (nSPS) is 11.5. The summed E-state index contributed by atoms with van der Waals surface area (Å²) in [5, 5.41) is 3.56. The van der Waals surface area contributed by atoms with Crippen LogP contribution in [0.15, 0.2) is 52.5 Å². The molecule has 0 saturated heterocycles. The van der Waals surface area contributed by atoms with Gasteiger partial charge in [0.2, 0.25) is 15.9 Å². The van der Waals surface area contributed by atoms with E-state index in [1.165, 1.54) is 22.1 Å². The Labute approximate surface area is 159 Å². The summed E-state index contributed by atoms with van der Waals surface area (Å²) in [6.07, 6.45) is 1.67. The van der Waals surface area contributed by atoms with Crippen LogP contribution in [0.3, 0.4) is 0 Å². The van der Waals surface area contributed by atoms with Crippen molar-refractivity contribution in [2.75, 3.05) is 24.2 Å². The average molecular weight is 394 g/mol. The third-order valence-electron chi connectivity index (χ3n) is 3.82. The van der Waals surface area contributed by atoms with E-state index in [0.717, 1.165) is 10.6 Å². The van der Waals surface area contributed by atoms with Gasteiger partial charge in [-0.3, -0.25) is 4.79 Å². The Morgan fingerprint density at radius 2 is 1.92 bits per heavy atom. The summed E-state index contributed by atoms with van der Waals surface area (Å²) in [4.78, 5) is 16.6. The number of carbonyl (C=O) groups is 1. The van der Waals surface area contributed by atoms with Crippen LogP contribution in [0.4, 0.5) is 5.69 Å². The predicted octanol–water partition coefficient (Wildman–Crippen LogP) is 3.15. The second kappa shape index (κ2) is 9.16. The number of hydrogen-bond donors (Lipinski definition) is 1. The number of amides is 1. The van der Waals surface area contributed by atoms with Gasteiger partial charge < -0.3 is 5.32 Å². The van der Waals surface area contributed by atoms with Crippen LogP contribution in [0.5, 0.6) is 0 Å². The van der Waals surface area contributed by atoms with Crippen molar-refractivity contribution in [3.63, 3.8) is 0 Å². The quantitative estimate of drug-likeness (QED) is 0.697. The highest BCUT2D eigenvalue weighted by Gasteiger charge is 2.22. The fraction of sp³-hybridized carbons (Fsp3) is 0.333. The van der Waals surface area contributed by atoms with Gasteiger partial charge in [-0.2, -0.15) is 4.31 Å². The lowest BCUT2D eigenvalue weighted by atomic mass is 10.2. The molecule has 2 rings (SSSR count). The molecule has 1 amide bonds. The predicted molar refractivity (Wildman–Crippen MR) is 105 cm³/mol. The Kier molecular flexibility index (Phi) is 7.19. The maximum absolute atomic E-state index is 12.7. The highest BCUT2D eigenvalue weighted by Crippen LogP contribution is 2.23. The van der Waals surface area contributed by atoms with Crippen LogP contribution in [0.1, 0.15) is 19.4 Å². The van der Waals surface area contributed by atoms with E-state index in [9.17, 15) is 13.2 Å². The van der Waals surface area contributed by atoms with Gasteiger partial charge in [0.15, 0.2) is 0 Å². The Balaban J connectivity index is 2.13. The second-order valence-corrected chi connectivity index (χ2v) is 8.50. The summed E-state index contributed by atoms with van der Waals surface area (Å²) in [6.45, 7) is 6.22. The summed E-state index contributed by atoms with van der Waals surface area (Å²) < 4.78 is 26.7. The standard InChI is InChI=1S/C18H23N3O3S2/c1-4-21(5-2)26(23,24)15-10-9-14(3)16(12-15)20-17(22)13-25-18-8-6-7-11-19-18/h6-12H,4-5,13H2,1-3H3,(H,20,22). The van der Waals surface area contributed by atoms with Gasteiger partial charge >= 0.3 is 0 Å². The molecule has 0 radical (unpaired) electrons. The largest absolute Gasteiger partial charge is 0.325 e. The third-order valence-corrected chi connectivity index (χ3v) is 6.80. The number of nitrogens with one attached hydrogen (secondary N) is 1. The monoisotopic (exact) mass is 393 g/mol. The highest BCUT2D eigenvalue weighted by molar-refractivity contribution is 7.99. The first-order valence-corrected chi connectivity index (χ1v) is 10.8. The lowest BCUT2D eigenvalue weighted by molar-refractivity contribution is -0.113. The first-order chi connectivity index (χ1) is 12.4. The zero-order chi connectivity index (χ0) is 19.2. The zero-order valence-corrected chi connectivity index (χ0v) is 16.7. The molecule has 0 aliphatic rings. The number of rotatable bonds is 8. The molecule has 0 unspecified atom stereocenters. The number of carbonyl (C=O) groups excluding carboxylic acids is 1. The van der Waals surface area contributed by atoms with Gasteiger partial charge in [-0.25, -0.2) is 13.4 Å². The van der Waals surface area contributed by atoms with Crippen molar-refractivity contribution in [1.82, 2.24) is 9.29 Å². The number of aryl methyl sites for hydroxylation is 1. The first kappa shape index (κ1) is 20.4. The fourth-order valence-corrected chi connectivity index (χ4v) is 4.51. The van der Waals surface area contributed by atoms with Crippen LogP contribution in [0.2, 0.25) is 0 Å². The van der Waals surface area contributed by atoms with Crippen LogP contribution in [-0.2, 0) is 14.8 Å². The summed E-state index contributed by atoms with van der Waals surface area (Å²) in [5.41, 5.74) is 1.31.